The smallest absolute Gasteiger partial charge is 0.400 e. The second-order valence-corrected chi connectivity index (χ2v) is 6.15. The molecule has 9 heteroatoms. The van der Waals surface area contributed by atoms with E-state index in [2.05, 4.69) is 10.1 Å². The van der Waals surface area contributed by atoms with E-state index in [-0.39, 0.29) is 11.6 Å². The fourth-order valence-corrected chi connectivity index (χ4v) is 3.13. The van der Waals surface area contributed by atoms with Gasteiger partial charge in [-0.15, -0.1) is 11.3 Å². The molecule has 128 valence electrons. The maximum Gasteiger partial charge on any atom is 0.433 e. The van der Waals surface area contributed by atoms with Gasteiger partial charge in [-0.2, -0.15) is 5.10 Å². The number of thiazole rings is 1. The molecule has 0 saturated carbocycles. The molecule has 25 heavy (non-hydrogen) atoms. The first-order valence-corrected chi connectivity index (χ1v) is 8.60. The monoisotopic (exact) mass is 376 g/mol. The molecule has 0 unspecified atom stereocenters. The van der Waals surface area contributed by atoms with Gasteiger partial charge < -0.3 is 4.42 Å². The first kappa shape index (κ1) is 17.1. The largest absolute Gasteiger partial charge is 0.433 e. The fraction of sp³-hybridized carbons (Fsp3) is 0.125. The third kappa shape index (κ3) is 3.86. The van der Waals surface area contributed by atoms with E-state index in [1.54, 1.807) is 16.8 Å². The van der Waals surface area contributed by atoms with E-state index in [1.165, 1.54) is 29.7 Å². The van der Waals surface area contributed by atoms with E-state index < -0.39 is 4.92 Å². The zero-order chi connectivity index (χ0) is 17.8. The number of nitro groups is 1. The molecule has 0 fully saturated rings. The summed E-state index contributed by atoms with van der Waals surface area (Å²) < 4.78 is 6.77. The SMILES string of the molecule is CCN=c1scc(-c2ccc(Cl)cc2)n1N=Cc1ccc([N+](=O)[O-])o1. The van der Waals surface area contributed by atoms with Crippen LogP contribution in [0.15, 0.2) is 56.3 Å². The van der Waals surface area contributed by atoms with Crippen molar-refractivity contribution in [3.8, 4) is 11.3 Å². The molecule has 0 amide bonds. The molecule has 1 aromatic carbocycles. The Morgan fingerprint density at radius 3 is 2.72 bits per heavy atom. The van der Waals surface area contributed by atoms with Crippen LogP contribution in [0.3, 0.4) is 0 Å². The lowest BCUT2D eigenvalue weighted by molar-refractivity contribution is -0.402. The van der Waals surface area contributed by atoms with E-state index in [0.717, 1.165) is 11.3 Å². The number of aromatic nitrogens is 1. The van der Waals surface area contributed by atoms with Crippen molar-refractivity contribution in [1.29, 1.82) is 0 Å². The minimum absolute atomic E-state index is 0.287. The summed E-state index contributed by atoms with van der Waals surface area (Å²) in [5.41, 5.74) is 1.77. The molecular formula is C16H13ClN4O3S. The molecule has 3 rings (SSSR count). The number of hydrogen-bond donors (Lipinski definition) is 0. The molecule has 0 radical (unpaired) electrons. The van der Waals surface area contributed by atoms with Crippen LogP contribution in [0.25, 0.3) is 11.3 Å². The van der Waals surface area contributed by atoms with Gasteiger partial charge in [0.1, 0.15) is 4.92 Å². The van der Waals surface area contributed by atoms with Gasteiger partial charge in [0.2, 0.25) is 4.80 Å². The second kappa shape index (κ2) is 7.45. The van der Waals surface area contributed by atoms with Crippen LogP contribution in [0.5, 0.6) is 0 Å². The van der Waals surface area contributed by atoms with Gasteiger partial charge in [0, 0.05) is 22.5 Å². The molecule has 0 bridgehead atoms. The summed E-state index contributed by atoms with van der Waals surface area (Å²) in [6, 6.07) is 10.2. The van der Waals surface area contributed by atoms with Crippen molar-refractivity contribution < 1.29 is 9.34 Å². The summed E-state index contributed by atoms with van der Waals surface area (Å²) in [5, 5.41) is 17.7. The summed E-state index contributed by atoms with van der Waals surface area (Å²) in [6.45, 7) is 2.55. The number of halogens is 1. The zero-order valence-electron chi connectivity index (χ0n) is 13.1. The number of rotatable bonds is 5. The summed E-state index contributed by atoms with van der Waals surface area (Å²) in [7, 11) is 0. The van der Waals surface area contributed by atoms with Crippen LogP contribution in [0, 0.1) is 10.1 Å². The lowest BCUT2D eigenvalue weighted by atomic mass is 10.2. The molecule has 0 aliphatic rings. The predicted molar refractivity (Wildman–Crippen MR) is 97.2 cm³/mol. The van der Waals surface area contributed by atoms with Crippen molar-refractivity contribution in [3.63, 3.8) is 0 Å². The highest BCUT2D eigenvalue weighted by atomic mass is 35.5. The average molecular weight is 377 g/mol. The van der Waals surface area contributed by atoms with E-state index in [4.69, 9.17) is 16.0 Å². The molecular weight excluding hydrogens is 364 g/mol. The van der Waals surface area contributed by atoms with Crippen molar-refractivity contribution in [2.75, 3.05) is 6.54 Å². The number of hydrogen-bond acceptors (Lipinski definition) is 6. The molecule has 0 aliphatic carbocycles. The normalized spacial score (nSPS) is 12.2. The third-order valence-corrected chi connectivity index (χ3v) is 4.32. The molecule has 2 aromatic heterocycles. The van der Waals surface area contributed by atoms with Gasteiger partial charge in [-0.1, -0.05) is 23.7 Å². The highest BCUT2D eigenvalue weighted by molar-refractivity contribution is 7.07. The van der Waals surface area contributed by atoms with Crippen LogP contribution in [0.2, 0.25) is 5.02 Å². The Morgan fingerprint density at radius 2 is 2.08 bits per heavy atom. The van der Waals surface area contributed by atoms with Crippen LogP contribution in [0.1, 0.15) is 12.7 Å². The Kier molecular flexibility index (Phi) is 5.11. The van der Waals surface area contributed by atoms with Gasteiger partial charge in [-0.3, -0.25) is 15.1 Å². The van der Waals surface area contributed by atoms with Gasteiger partial charge in [-0.25, -0.2) is 4.68 Å². The minimum atomic E-state index is -0.591. The Morgan fingerprint density at radius 1 is 1.32 bits per heavy atom. The summed E-state index contributed by atoms with van der Waals surface area (Å²) in [4.78, 5) is 15.2. The van der Waals surface area contributed by atoms with E-state index in [9.17, 15) is 10.1 Å². The van der Waals surface area contributed by atoms with E-state index in [1.807, 2.05) is 24.4 Å². The van der Waals surface area contributed by atoms with E-state index >= 15 is 0 Å². The molecule has 0 saturated heterocycles. The van der Waals surface area contributed by atoms with Gasteiger partial charge in [0.25, 0.3) is 0 Å². The second-order valence-electron chi connectivity index (χ2n) is 4.87. The fourth-order valence-electron chi connectivity index (χ4n) is 2.10. The summed E-state index contributed by atoms with van der Waals surface area (Å²) in [6.07, 6.45) is 1.42. The molecule has 0 atom stereocenters. The van der Waals surface area contributed by atoms with Gasteiger partial charge in [0.15, 0.2) is 5.76 Å². The Hall–Kier alpha value is -2.71. The molecule has 0 N–H and O–H groups in total. The maximum atomic E-state index is 10.7. The van der Waals surface area contributed by atoms with Crippen molar-refractivity contribution in [2.45, 2.75) is 6.92 Å². The lowest BCUT2D eigenvalue weighted by Crippen LogP contribution is -2.12. The molecule has 2 heterocycles. The van der Waals surface area contributed by atoms with Gasteiger partial charge >= 0.3 is 5.88 Å². The predicted octanol–water partition coefficient (Wildman–Crippen LogP) is 4.17. The first-order valence-electron chi connectivity index (χ1n) is 7.34. The quantitative estimate of drug-likeness (QED) is 0.380. The van der Waals surface area contributed by atoms with Crippen molar-refractivity contribution in [2.24, 2.45) is 10.1 Å². The van der Waals surface area contributed by atoms with Crippen LogP contribution >= 0.6 is 22.9 Å². The molecule has 0 aliphatic heterocycles. The molecule has 7 nitrogen and oxygen atoms in total. The summed E-state index contributed by atoms with van der Waals surface area (Å²) >= 11 is 7.40. The van der Waals surface area contributed by atoms with Crippen LogP contribution < -0.4 is 4.80 Å². The first-order chi connectivity index (χ1) is 12.1. The number of benzene rings is 1. The molecule has 0 spiro atoms. The van der Waals surface area contributed by atoms with Crippen molar-refractivity contribution in [1.82, 2.24) is 4.68 Å². The minimum Gasteiger partial charge on any atom is -0.400 e. The third-order valence-electron chi connectivity index (χ3n) is 3.21. The zero-order valence-corrected chi connectivity index (χ0v) is 14.7. The van der Waals surface area contributed by atoms with Crippen LogP contribution in [-0.2, 0) is 0 Å². The van der Waals surface area contributed by atoms with Crippen LogP contribution in [-0.4, -0.2) is 22.4 Å². The highest BCUT2D eigenvalue weighted by Crippen LogP contribution is 2.22. The van der Waals surface area contributed by atoms with Crippen LogP contribution in [0.4, 0.5) is 5.88 Å². The average Bonchev–Trinajstić information content (AvgIpc) is 3.21. The topological polar surface area (TPSA) is 85.9 Å². The van der Waals surface area contributed by atoms with Gasteiger partial charge in [0.05, 0.1) is 18.0 Å². The maximum absolute atomic E-state index is 10.7. The molecule has 3 aromatic rings. The highest BCUT2D eigenvalue weighted by Gasteiger charge is 2.11. The van der Waals surface area contributed by atoms with E-state index in [0.29, 0.717) is 16.4 Å². The van der Waals surface area contributed by atoms with Gasteiger partial charge in [-0.05, 0) is 25.1 Å². The van der Waals surface area contributed by atoms with Crippen molar-refractivity contribution in [3.05, 3.63) is 67.5 Å². The number of nitrogens with zero attached hydrogens (tertiary/aromatic N) is 4. The van der Waals surface area contributed by atoms with Crippen molar-refractivity contribution >= 4 is 35.0 Å². The Bertz CT molecular complexity index is 985. The standard InChI is InChI=1S/C16H13ClN4O3S/c1-2-18-16-20(19-9-13-7-8-15(24-13)21(22)23)14(10-25-16)11-3-5-12(17)6-4-11/h3-10H,2H2,1H3. The Balaban J connectivity index is 2.02. The lowest BCUT2D eigenvalue weighted by Gasteiger charge is -2.03. The Labute approximate surface area is 151 Å². The number of furan rings is 1. The summed E-state index contributed by atoms with van der Waals surface area (Å²) in [5.74, 6) is -0.0388.